The lowest BCUT2D eigenvalue weighted by Gasteiger charge is -2.23. The van der Waals surface area contributed by atoms with Crippen LogP contribution in [0, 0.1) is 0 Å². The van der Waals surface area contributed by atoms with E-state index < -0.39 is 0 Å². The molecule has 17 heavy (non-hydrogen) atoms. The minimum Gasteiger partial charge on any atom is -0.469 e. The van der Waals surface area contributed by atoms with E-state index in [-0.39, 0.29) is 11.4 Å². The molecule has 0 atom stereocenters. The van der Waals surface area contributed by atoms with Crippen molar-refractivity contribution in [1.29, 1.82) is 0 Å². The van der Waals surface area contributed by atoms with Crippen LogP contribution in [0.2, 0.25) is 0 Å². The van der Waals surface area contributed by atoms with Gasteiger partial charge in [0, 0.05) is 12.2 Å². The number of carbonyl (C=O) groups is 1. The molecule has 94 valence electrons. The number of hydrogen-bond acceptors (Lipinski definition) is 3. The van der Waals surface area contributed by atoms with Gasteiger partial charge in [0.15, 0.2) is 0 Å². The number of rotatable bonds is 4. The summed E-state index contributed by atoms with van der Waals surface area (Å²) in [6.07, 6.45) is 0.384. The molecule has 0 bridgehead atoms. The maximum atomic E-state index is 11.0. The maximum absolute atomic E-state index is 11.0. The van der Waals surface area contributed by atoms with Gasteiger partial charge in [0.2, 0.25) is 0 Å². The number of ether oxygens (including phenoxy) is 1. The molecular weight excluding hydrogens is 214 g/mol. The van der Waals surface area contributed by atoms with Gasteiger partial charge in [-0.25, -0.2) is 0 Å². The van der Waals surface area contributed by atoms with Crippen LogP contribution in [-0.2, 0) is 14.9 Å². The molecule has 1 rings (SSSR count). The number of carbonyl (C=O) groups excluding carboxylic acids is 1. The Morgan fingerprint density at radius 2 is 1.94 bits per heavy atom. The predicted octanol–water partition coefficient (Wildman–Crippen LogP) is 2.96. The molecule has 0 saturated heterocycles. The van der Waals surface area contributed by atoms with Gasteiger partial charge in [-0.15, -0.1) is 0 Å². The first-order chi connectivity index (χ1) is 7.95. The highest BCUT2D eigenvalue weighted by atomic mass is 16.5. The molecule has 0 amide bonds. The van der Waals surface area contributed by atoms with Crippen molar-refractivity contribution in [3.05, 3.63) is 29.8 Å². The lowest BCUT2D eigenvalue weighted by molar-refractivity contribution is -0.140. The number of methoxy groups -OCH3 is 1. The van der Waals surface area contributed by atoms with E-state index in [9.17, 15) is 4.79 Å². The van der Waals surface area contributed by atoms with Crippen LogP contribution in [0.1, 0.15) is 32.8 Å². The molecule has 0 aliphatic carbocycles. The Kier molecular flexibility index (Phi) is 4.55. The van der Waals surface area contributed by atoms with Gasteiger partial charge in [0.1, 0.15) is 0 Å². The summed E-state index contributed by atoms with van der Waals surface area (Å²) in [5, 5.41) is 3.28. The highest BCUT2D eigenvalue weighted by Crippen LogP contribution is 2.29. The third-order valence-electron chi connectivity index (χ3n) is 2.61. The summed E-state index contributed by atoms with van der Waals surface area (Å²) in [6.45, 7) is 7.12. The van der Waals surface area contributed by atoms with Gasteiger partial charge in [0.25, 0.3) is 0 Å². The number of benzene rings is 1. The fourth-order valence-electron chi connectivity index (χ4n) is 1.69. The van der Waals surface area contributed by atoms with Crippen LogP contribution < -0.4 is 5.32 Å². The fraction of sp³-hybridized carbons (Fsp3) is 0.500. The monoisotopic (exact) mass is 235 g/mol. The Morgan fingerprint density at radius 3 is 2.53 bits per heavy atom. The van der Waals surface area contributed by atoms with E-state index in [0.717, 1.165) is 5.69 Å². The molecule has 0 aromatic heterocycles. The Labute approximate surface area is 103 Å². The van der Waals surface area contributed by atoms with Gasteiger partial charge in [0.05, 0.1) is 13.5 Å². The number of hydrogen-bond donors (Lipinski definition) is 1. The second kappa shape index (κ2) is 5.71. The summed E-state index contributed by atoms with van der Waals surface area (Å²) in [7, 11) is 1.41. The summed E-state index contributed by atoms with van der Waals surface area (Å²) in [5.74, 6) is -0.189. The lowest BCUT2D eigenvalue weighted by atomic mass is 9.86. The van der Waals surface area contributed by atoms with Gasteiger partial charge in [-0.05, 0) is 17.0 Å². The van der Waals surface area contributed by atoms with Crippen LogP contribution in [-0.4, -0.2) is 19.6 Å². The second-order valence-corrected chi connectivity index (χ2v) is 5.05. The van der Waals surface area contributed by atoms with E-state index in [4.69, 9.17) is 0 Å². The molecule has 0 heterocycles. The maximum Gasteiger partial charge on any atom is 0.307 e. The van der Waals surface area contributed by atoms with Crippen LogP contribution >= 0.6 is 0 Å². The highest BCUT2D eigenvalue weighted by Gasteiger charge is 2.17. The molecule has 0 saturated carbocycles. The molecule has 1 aromatic carbocycles. The third-order valence-corrected chi connectivity index (χ3v) is 2.61. The summed E-state index contributed by atoms with van der Waals surface area (Å²) in [6, 6.07) is 8.18. The molecular formula is C14H21NO2. The molecule has 0 fully saturated rings. The molecule has 0 aliphatic heterocycles. The van der Waals surface area contributed by atoms with Crippen molar-refractivity contribution < 1.29 is 9.53 Å². The minimum atomic E-state index is -0.189. The highest BCUT2D eigenvalue weighted by molar-refractivity contribution is 5.70. The first-order valence-electron chi connectivity index (χ1n) is 5.85. The van der Waals surface area contributed by atoms with Gasteiger partial charge in [-0.1, -0.05) is 39.0 Å². The minimum absolute atomic E-state index is 0.0921. The topological polar surface area (TPSA) is 38.3 Å². The number of nitrogens with one attached hydrogen (secondary N) is 1. The Morgan fingerprint density at radius 1 is 1.29 bits per heavy atom. The van der Waals surface area contributed by atoms with Crippen molar-refractivity contribution in [2.24, 2.45) is 0 Å². The van der Waals surface area contributed by atoms with Gasteiger partial charge in [-0.2, -0.15) is 0 Å². The SMILES string of the molecule is COC(=O)CCNc1ccccc1C(C)(C)C. The largest absolute Gasteiger partial charge is 0.469 e. The van der Waals surface area contributed by atoms with Crippen LogP contribution in [0.3, 0.4) is 0 Å². The van der Waals surface area contributed by atoms with Crippen molar-refractivity contribution in [3.8, 4) is 0 Å². The second-order valence-electron chi connectivity index (χ2n) is 5.05. The molecule has 0 radical (unpaired) electrons. The summed E-state index contributed by atoms with van der Waals surface area (Å²) in [4.78, 5) is 11.0. The van der Waals surface area contributed by atoms with Crippen LogP contribution in [0.4, 0.5) is 5.69 Å². The van der Waals surface area contributed by atoms with Crippen molar-refractivity contribution in [2.75, 3.05) is 19.0 Å². The first-order valence-corrected chi connectivity index (χ1v) is 5.85. The molecule has 3 heteroatoms. The van der Waals surface area contributed by atoms with E-state index in [1.807, 2.05) is 18.2 Å². The molecule has 0 spiro atoms. The summed E-state index contributed by atoms with van der Waals surface area (Å²) < 4.78 is 4.61. The van der Waals surface area contributed by atoms with Gasteiger partial charge >= 0.3 is 5.97 Å². The molecule has 0 aliphatic rings. The van der Waals surface area contributed by atoms with Crippen LogP contribution in [0.15, 0.2) is 24.3 Å². The number of anilines is 1. The van der Waals surface area contributed by atoms with Crippen molar-refractivity contribution in [1.82, 2.24) is 0 Å². The van der Waals surface area contributed by atoms with E-state index in [0.29, 0.717) is 13.0 Å². The van der Waals surface area contributed by atoms with Crippen LogP contribution in [0.25, 0.3) is 0 Å². The lowest BCUT2D eigenvalue weighted by Crippen LogP contribution is -2.16. The first kappa shape index (κ1) is 13.6. The van der Waals surface area contributed by atoms with E-state index >= 15 is 0 Å². The normalized spacial score (nSPS) is 11.1. The zero-order chi connectivity index (χ0) is 12.9. The molecule has 0 unspecified atom stereocenters. The van der Waals surface area contributed by atoms with Gasteiger partial charge in [-0.3, -0.25) is 4.79 Å². The van der Waals surface area contributed by atoms with E-state index in [1.54, 1.807) is 0 Å². The van der Waals surface area contributed by atoms with Crippen LogP contribution in [0.5, 0.6) is 0 Å². The molecule has 1 aromatic rings. The smallest absolute Gasteiger partial charge is 0.307 e. The van der Waals surface area contributed by atoms with Gasteiger partial charge < -0.3 is 10.1 Å². The summed E-state index contributed by atoms with van der Waals surface area (Å²) >= 11 is 0. The zero-order valence-corrected chi connectivity index (χ0v) is 11.0. The Balaban J connectivity index is 2.68. The van der Waals surface area contributed by atoms with Crippen molar-refractivity contribution >= 4 is 11.7 Å². The van der Waals surface area contributed by atoms with E-state index in [2.05, 4.69) is 36.9 Å². The summed E-state index contributed by atoms with van der Waals surface area (Å²) in [5.41, 5.74) is 2.43. The van der Waals surface area contributed by atoms with E-state index in [1.165, 1.54) is 12.7 Å². The Hall–Kier alpha value is -1.51. The number of para-hydroxylation sites is 1. The van der Waals surface area contributed by atoms with Crippen molar-refractivity contribution in [3.63, 3.8) is 0 Å². The molecule has 3 nitrogen and oxygen atoms in total. The Bertz CT molecular complexity index is 380. The average molecular weight is 235 g/mol. The average Bonchev–Trinajstić information content (AvgIpc) is 2.28. The quantitative estimate of drug-likeness (QED) is 0.815. The standard InChI is InChI=1S/C14H21NO2/c1-14(2,3)11-7-5-6-8-12(11)15-10-9-13(16)17-4/h5-8,15H,9-10H2,1-4H3. The third kappa shape index (κ3) is 4.10. The number of esters is 1. The molecule has 1 N–H and O–H groups in total. The predicted molar refractivity (Wildman–Crippen MR) is 70.3 cm³/mol. The fourth-order valence-corrected chi connectivity index (χ4v) is 1.69. The zero-order valence-electron chi connectivity index (χ0n) is 11.0. The van der Waals surface area contributed by atoms with Crippen molar-refractivity contribution in [2.45, 2.75) is 32.6 Å².